The third-order valence-corrected chi connectivity index (χ3v) is 5.29. The highest BCUT2D eigenvalue weighted by atomic mass is 32.2. The molecule has 0 aliphatic rings. The van der Waals surface area contributed by atoms with E-state index in [2.05, 4.69) is 5.32 Å². The maximum atomic E-state index is 13.0. The van der Waals surface area contributed by atoms with E-state index in [0.29, 0.717) is 22.9 Å². The summed E-state index contributed by atoms with van der Waals surface area (Å²) < 4.78 is 37.1. The first-order valence-electron chi connectivity index (χ1n) is 9.36. The lowest BCUT2D eigenvalue weighted by Crippen LogP contribution is -2.47. The lowest BCUT2D eigenvalue weighted by Gasteiger charge is -2.30. The Bertz CT molecular complexity index is 944. The second-order valence-electron chi connectivity index (χ2n) is 6.87. The van der Waals surface area contributed by atoms with Crippen LogP contribution in [-0.2, 0) is 14.8 Å². The van der Waals surface area contributed by atoms with Gasteiger partial charge in [-0.2, -0.15) is 0 Å². The van der Waals surface area contributed by atoms with E-state index < -0.39 is 22.0 Å². The number of ether oxygens (including phenoxy) is 2. The highest BCUT2D eigenvalue weighted by Crippen LogP contribution is 2.27. The highest BCUT2D eigenvalue weighted by Gasteiger charge is 2.31. The molecule has 29 heavy (non-hydrogen) atoms. The molecule has 0 aromatic heterocycles. The Balaban J connectivity index is 2.34. The maximum absolute atomic E-state index is 13.0. The number of nitrogens with zero attached hydrogens (tertiary/aromatic N) is 1. The van der Waals surface area contributed by atoms with Gasteiger partial charge in [0.1, 0.15) is 17.5 Å². The van der Waals surface area contributed by atoms with Gasteiger partial charge in [0.25, 0.3) is 0 Å². The molecule has 0 radical (unpaired) electrons. The smallest absolute Gasteiger partial charge is 0.248 e. The Labute approximate surface area is 172 Å². The van der Waals surface area contributed by atoms with Gasteiger partial charge in [0.15, 0.2) is 0 Å². The number of hydrogen-bond acceptors (Lipinski definition) is 5. The molecule has 0 spiro atoms. The van der Waals surface area contributed by atoms with Crippen molar-refractivity contribution in [2.24, 2.45) is 0 Å². The third-order valence-electron chi connectivity index (χ3n) is 4.11. The topological polar surface area (TPSA) is 84.9 Å². The molecule has 0 bridgehead atoms. The summed E-state index contributed by atoms with van der Waals surface area (Å²) in [6.07, 6.45) is 1.37. The van der Waals surface area contributed by atoms with E-state index in [1.54, 1.807) is 55.5 Å². The molecule has 0 unspecified atom stereocenters. The lowest BCUT2D eigenvalue weighted by atomic mass is 10.1. The Morgan fingerprint density at radius 2 is 1.76 bits per heavy atom. The monoisotopic (exact) mass is 420 g/mol. The van der Waals surface area contributed by atoms with E-state index in [9.17, 15) is 13.2 Å². The molecule has 0 fully saturated rings. The predicted molar refractivity (Wildman–Crippen MR) is 115 cm³/mol. The van der Waals surface area contributed by atoms with Gasteiger partial charge in [-0.3, -0.25) is 9.10 Å². The molecule has 2 aromatic carbocycles. The number of rotatable bonds is 9. The third kappa shape index (κ3) is 6.12. The number of benzene rings is 2. The van der Waals surface area contributed by atoms with Crippen molar-refractivity contribution in [2.75, 3.05) is 23.0 Å². The van der Waals surface area contributed by atoms with Gasteiger partial charge in [-0.25, -0.2) is 8.42 Å². The van der Waals surface area contributed by atoms with Gasteiger partial charge >= 0.3 is 0 Å². The zero-order valence-electron chi connectivity index (χ0n) is 17.4. The van der Waals surface area contributed by atoms with Gasteiger partial charge in [-0.15, -0.1) is 0 Å². The number of carbonyl (C=O) groups is 1. The maximum Gasteiger partial charge on any atom is 0.248 e. The van der Waals surface area contributed by atoms with Crippen molar-refractivity contribution < 1.29 is 22.7 Å². The van der Waals surface area contributed by atoms with E-state index in [1.807, 2.05) is 13.8 Å². The van der Waals surface area contributed by atoms with Crippen LogP contribution in [0.3, 0.4) is 0 Å². The van der Waals surface area contributed by atoms with Crippen LogP contribution < -0.4 is 19.1 Å². The molecule has 0 aliphatic carbocycles. The molecule has 158 valence electrons. The van der Waals surface area contributed by atoms with Gasteiger partial charge < -0.3 is 14.8 Å². The Morgan fingerprint density at radius 1 is 1.10 bits per heavy atom. The summed E-state index contributed by atoms with van der Waals surface area (Å²) in [5.74, 6) is 0.700. The molecule has 0 heterocycles. The molecule has 0 saturated carbocycles. The summed E-state index contributed by atoms with van der Waals surface area (Å²) in [5.41, 5.74) is 0.899. The normalized spacial score (nSPS) is 12.3. The summed E-state index contributed by atoms with van der Waals surface area (Å²) >= 11 is 0. The average Bonchev–Trinajstić information content (AvgIpc) is 2.64. The Hall–Kier alpha value is -2.74. The first-order valence-corrected chi connectivity index (χ1v) is 11.2. The molecule has 0 saturated heterocycles. The molecule has 7 nitrogen and oxygen atoms in total. The zero-order valence-corrected chi connectivity index (χ0v) is 18.2. The van der Waals surface area contributed by atoms with Gasteiger partial charge in [0, 0.05) is 17.8 Å². The van der Waals surface area contributed by atoms with Crippen molar-refractivity contribution in [2.45, 2.75) is 39.3 Å². The molecule has 2 rings (SSSR count). The minimum Gasteiger partial charge on any atom is -0.497 e. The summed E-state index contributed by atoms with van der Waals surface area (Å²) in [4.78, 5) is 13.0. The van der Waals surface area contributed by atoms with Crippen LogP contribution in [0.15, 0.2) is 48.5 Å². The van der Waals surface area contributed by atoms with E-state index >= 15 is 0 Å². The van der Waals surface area contributed by atoms with Crippen molar-refractivity contribution in [3.63, 3.8) is 0 Å². The minimum absolute atomic E-state index is 0.00173. The predicted octanol–water partition coefficient (Wildman–Crippen LogP) is 3.67. The second kappa shape index (κ2) is 9.65. The molecule has 1 atom stereocenters. The van der Waals surface area contributed by atoms with E-state index in [4.69, 9.17) is 9.47 Å². The van der Waals surface area contributed by atoms with Crippen molar-refractivity contribution in [1.29, 1.82) is 0 Å². The van der Waals surface area contributed by atoms with Crippen molar-refractivity contribution in [3.8, 4) is 11.5 Å². The van der Waals surface area contributed by atoms with Crippen LogP contribution in [0.5, 0.6) is 11.5 Å². The number of nitrogens with one attached hydrogen (secondary N) is 1. The fourth-order valence-electron chi connectivity index (χ4n) is 2.95. The molecule has 1 amide bonds. The summed E-state index contributed by atoms with van der Waals surface area (Å²) in [6.45, 7) is 5.59. The van der Waals surface area contributed by atoms with Crippen molar-refractivity contribution >= 4 is 27.3 Å². The molecule has 8 heteroatoms. The number of amides is 1. The van der Waals surface area contributed by atoms with Crippen LogP contribution in [0.4, 0.5) is 11.4 Å². The average molecular weight is 421 g/mol. The van der Waals surface area contributed by atoms with Crippen LogP contribution in [0.25, 0.3) is 0 Å². The first-order chi connectivity index (χ1) is 13.7. The largest absolute Gasteiger partial charge is 0.497 e. The SMILES string of the molecule is CC[C@H](C(=O)Nc1cccc(OC(C)C)c1)N(c1cccc(OC)c1)S(C)(=O)=O. The van der Waals surface area contributed by atoms with Gasteiger partial charge in [-0.1, -0.05) is 19.1 Å². The molecular weight excluding hydrogens is 392 g/mol. The summed E-state index contributed by atoms with van der Waals surface area (Å²) in [7, 11) is -2.22. The van der Waals surface area contributed by atoms with Crippen LogP contribution in [0.2, 0.25) is 0 Å². The number of hydrogen-bond donors (Lipinski definition) is 1. The Morgan fingerprint density at radius 3 is 2.34 bits per heavy atom. The summed E-state index contributed by atoms with van der Waals surface area (Å²) in [5, 5.41) is 2.80. The number of anilines is 2. The summed E-state index contributed by atoms with van der Waals surface area (Å²) in [6, 6.07) is 12.7. The van der Waals surface area contributed by atoms with Crippen molar-refractivity contribution in [3.05, 3.63) is 48.5 Å². The number of sulfonamides is 1. The van der Waals surface area contributed by atoms with E-state index in [0.717, 1.165) is 10.6 Å². The van der Waals surface area contributed by atoms with Crippen LogP contribution >= 0.6 is 0 Å². The highest BCUT2D eigenvalue weighted by molar-refractivity contribution is 7.92. The molecule has 2 aromatic rings. The Kier molecular flexibility index (Phi) is 7.50. The first kappa shape index (κ1) is 22.5. The standard InChI is InChI=1S/C21H28N2O5S/c1-6-20(21(24)22-16-9-7-12-19(13-16)28-15(2)3)23(29(5,25)26)17-10-8-11-18(14-17)27-4/h7-15,20H,6H2,1-5H3,(H,22,24)/t20-/m1/s1. The van der Waals surface area contributed by atoms with Crippen LogP contribution in [-0.4, -0.2) is 39.8 Å². The van der Waals surface area contributed by atoms with Gasteiger partial charge in [-0.05, 0) is 44.5 Å². The molecule has 1 N–H and O–H groups in total. The van der Waals surface area contributed by atoms with Crippen LogP contribution in [0, 0.1) is 0 Å². The van der Waals surface area contributed by atoms with Gasteiger partial charge in [0.2, 0.25) is 15.9 Å². The van der Waals surface area contributed by atoms with Gasteiger partial charge in [0.05, 0.1) is 25.2 Å². The quantitative estimate of drug-likeness (QED) is 0.669. The molecular formula is C21H28N2O5S. The minimum atomic E-state index is -3.72. The molecule has 0 aliphatic heterocycles. The lowest BCUT2D eigenvalue weighted by molar-refractivity contribution is -0.117. The number of methoxy groups -OCH3 is 1. The second-order valence-corrected chi connectivity index (χ2v) is 8.73. The van der Waals surface area contributed by atoms with Crippen molar-refractivity contribution in [1.82, 2.24) is 0 Å². The van der Waals surface area contributed by atoms with Crippen LogP contribution in [0.1, 0.15) is 27.2 Å². The zero-order chi connectivity index (χ0) is 21.6. The van der Waals surface area contributed by atoms with E-state index in [-0.39, 0.29) is 12.5 Å². The fourth-order valence-corrected chi connectivity index (χ4v) is 4.16. The fraction of sp³-hybridized carbons (Fsp3) is 0.381. The number of carbonyl (C=O) groups excluding carboxylic acids is 1. The van der Waals surface area contributed by atoms with E-state index in [1.165, 1.54) is 7.11 Å².